The first kappa shape index (κ1) is 19.1. The minimum Gasteiger partial charge on any atom is -0.305 e. The van der Waals surface area contributed by atoms with E-state index < -0.39 is 15.9 Å². The summed E-state index contributed by atoms with van der Waals surface area (Å²) >= 11 is 0. The number of hydrogen-bond acceptors (Lipinski definition) is 4. The zero-order chi connectivity index (χ0) is 20.1. The van der Waals surface area contributed by atoms with Crippen molar-refractivity contribution in [1.29, 1.82) is 0 Å². The van der Waals surface area contributed by atoms with Crippen molar-refractivity contribution >= 4 is 21.6 Å². The molecule has 2 aromatic rings. The van der Waals surface area contributed by atoms with E-state index in [1.807, 2.05) is 13.8 Å². The smallest absolute Gasteiger partial charge is 0.305 e. The number of aryl methyl sites for hydroxylation is 1. The van der Waals surface area contributed by atoms with Gasteiger partial charge in [0.2, 0.25) is 0 Å². The summed E-state index contributed by atoms with van der Waals surface area (Å²) in [6.07, 6.45) is 6.42. The van der Waals surface area contributed by atoms with Gasteiger partial charge < -0.3 is 5.32 Å². The van der Waals surface area contributed by atoms with Crippen molar-refractivity contribution in [2.75, 3.05) is 5.32 Å². The van der Waals surface area contributed by atoms with E-state index in [0.29, 0.717) is 5.92 Å². The average molecular weight is 403 g/mol. The largest absolute Gasteiger partial charge is 0.354 e. The summed E-state index contributed by atoms with van der Waals surface area (Å²) in [5, 5.41) is 13.1. The number of hydrogen-bond donors (Lipinski definition) is 2. The van der Waals surface area contributed by atoms with Gasteiger partial charge in [-0.15, -0.1) is 4.36 Å². The van der Waals surface area contributed by atoms with E-state index >= 15 is 0 Å². The summed E-state index contributed by atoms with van der Waals surface area (Å²) in [5.41, 5.74) is 5.11. The van der Waals surface area contributed by atoms with E-state index in [4.69, 9.17) is 10.1 Å². The zero-order valence-corrected chi connectivity index (χ0v) is 17.3. The van der Waals surface area contributed by atoms with Crippen LogP contribution in [0, 0.1) is 0 Å². The van der Waals surface area contributed by atoms with Crippen molar-refractivity contribution in [3.8, 4) is 0 Å². The fraction of sp³-hybridized carbons (Fsp3) is 0.526. The Morgan fingerprint density at radius 3 is 2.86 bits per heavy atom. The summed E-state index contributed by atoms with van der Waals surface area (Å²) < 4.78 is 18.2. The summed E-state index contributed by atoms with van der Waals surface area (Å²) in [7, 11) is -3.42. The number of fused-ring (bicyclic) bond motifs is 2. The Bertz CT molecular complexity index is 1060. The maximum absolute atomic E-state index is 12.8. The first-order valence-electron chi connectivity index (χ1n) is 9.72. The quantitative estimate of drug-likeness (QED) is 0.819. The Morgan fingerprint density at radius 2 is 2.14 bits per heavy atom. The molecule has 0 saturated heterocycles. The molecule has 2 aliphatic carbocycles. The molecule has 150 valence electrons. The van der Waals surface area contributed by atoms with E-state index in [1.165, 1.54) is 0 Å². The van der Waals surface area contributed by atoms with Gasteiger partial charge in [0.05, 0.1) is 5.69 Å². The highest BCUT2D eigenvalue weighted by molar-refractivity contribution is 7.91. The van der Waals surface area contributed by atoms with Crippen molar-refractivity contribution in [3.05, 3.63) is 34.8 Å². The Hall–Kier alpha value is -2.26. The molecule has 8 nitrogen and oxygen atoms in total. The molecule has 0 radical (unpaired) electrons. The molecule has 2 amide bonds. The van der Waals surface area contributed by atoms with Crippen molar-refractivity contribution in [1.82, 2.24) is 14.8 Å². The highest BCUT2D eigenvalue weighted by Gasteiger charge is 2.30. The SMILES string of the molecule is CC(C)n1ccc([S@](N)(=O)=NC(=O)Nc2c3c(nc4c2CC[C@@H]4C)CCC3)n1. The lowest BCUT2D eigenvalue weighted by Crippen LogP contribution is -2.20. The molecular formula is C19H26N6O2S. The third-order valence-corrected chi connectivity index (χ3v) is 6.77. The average Bonchev–Trinajstić information content (AvgIpc) is 3.34. The van der Waals surface area contributed by atoms with Crippen LogP contribution in [0.5, 0.6) is 0 Å². The van der Waals surface area contributed by atoms with Gasteiger partial charge in [0.25, 0.3) is 0 Å². The second-order valence-corrected chi connectivity index (χ2v) is 9.63. The van der Waals surface area contributed by atoms with Gasteiger partial charge in [-0.3, -0.25) is 9.67 Å². The third kappa shape index (κ3) is 3.33. The molecular weight excluding hydrogens is 376 g/mol. The van der Waals surface area contributed by atoms with E-state index in [0.717, 1.165) is 60.3 Å². The van der Waals surface area contributed by atoms with E-state index in [1.54, 1.807) is 16.9 Å². The summed E-state index contributed by atoms with van der Waals surface area (Å²) in [6.45, 7) is 6.06. The van der Waals surface area contributed by atoms with Gasteiger partial charge in [0.1, 0.15) is 0 Å². The molecule has 28 heavy (non-hydrogen) atoms. The molecule has 0 saturated carbocycles. The number of carbonyl (C=O) groups excluding carboxylic acids is 1. The monoisotopic (exact) mass is 402 g/mol. The maximum atomic E-state index is 12.8. The molecule has 0 spiro atoms. The first-order valence-corrected chi connectivity index (χ1v) is 11.3. The Balaban J connectivity index is 1.67. The van der Waals surface area contributed by atoms with Gasteiger partial charge >= 0.3 is 6.03 Å². The predicted molar refractivity (Wildman–Crippen MR) is 108 cm³/mol. The van der Waals surface area contributed by atoms with Crippen molar-refractivity contribution in [3.63, 3.8) is 0 Å². The van der Waals surface area contributed by atoms with Crippen LogP contribution >= 0.6 is 0 Å². The van der Waals surface area contributed by atoms with Crippen molar-refractivity contribution in [2.45, 2.75) is 69.9 Å². The summed E-state index contributed by atoms with van der Waals surface area (Å²) in [5.74, 6) is 0.382. The van der Waals surface area contributed by atoms with Crippen LogP contribution in [-0.2, 0) is 29.2 Å². The fourth-order valence-corrected chi connectivity index (χ4v) is 4.87. The van der Waals surface area contributed by atoms with Crippen LogP contribution in [0.25, 0.3) is 0 Å². The number of urea groups is 1. The third-order valence-electron chi connectivity index (χ3n) is 5.51. The zero-order valence-electron chi connectivity index (χ0n) is 16.4. The molecule has 0 fully saturated rings. The number of aromatic nitrogens is 3. The first-order chi connectivity index (χ1) is 13.3. The van der Waals surface area contributed by atoms with Crippen molar-refractivity contribution in [2.24, 2.45) is 9.50 Å². The highest BCUT2D eigenvalue weighted by Crippen LogP contribution is 2.41. The lowest BCUT2D eigenvalue weighted by atomic mass is 10.0. The van der Waals surface area contributed by atoms with Crippen LogP contribution in [0.2, 0.25) is 0 Å². The van der Waals surface area contributed by atoms with Gasteiger partial charge in [0, 0.05) is 23.6 Å². The van der Waals surface area contributed by atoms with Crippen LogP contribution in [0.15, 0.2) is 21.7 Å². The minimum absolute atomic E-state index is 0.0989. The standard InChI is InChI=1S/C19H26N6O2S/c1-11(2)25-10-9-16(23-25)28(20,27)24-19(26)22-18-13-5-4-6-15(13)21-17-12(3)7-8-14(17)18/h9-12H,4-8H2,1-3H3,(H3,20,21,22,24,26,27)/t12-,28+/m0/s1. The number of amides is 2. The number of nitrogens with two attached hydrogens (primary N) is 1. The number of nitrogens with zero attached hydrogens (tertiary/aromatic N) is 4. The minimum atomic E-state index is -3.42. The predicted octanol–water partition coefficient (Wildman–Crippen LogP) is 3.33. The molecule has 0 aromatic carbocycles. The molecule has 0 bridgehead atoms. The van der Waals surface area contributed by atoms with Crippen LogP contribution < -0.4 is 10.5 Å². The second kappa shape index (κ2) is 6.97. The lowest BCUT2D eigenvalue weighted by molar-refractivity contribution is 0.260. The lowest BCUT2D eigenvalue weighted by Gasteiger charge is -2.15. The summed E-state index contributed by atoms with van der Waals surface area (Å²) in [6, 6.07) is 0.943. The van der Waals surface area contributed by atoms with Crippen LogP contribution in [0.3, 0.4) is 0 Å². The van der Waals surface area contributed by atoms with E-state index in [2.05, 4.69) is 21.7 Å². The van der Waals surface area contributed by atoms with Crippen LogP contribution in [0.1, 0.15) is 68.1 Å². The molecule has 2 atom stereocenters. The Morgan fingerprint density at radius 1 is 1.36 bits per heavy atom. The van der Waals surface area contributed by atoms with Crippen LogP contribution in [-0.4, -0.2) is 25.0 Å². The molecule has 2 aromatic heterocycles. The molecule has 2 aliphatic rings. The van der Waals surface area contributed by atoms with Gasteiger partial charge in [-0.25, -0.2) is 14.1 Å². The van der Waals surface area contributed by atoms with Gasteiger partial charge in [-0.2, -0.15) is 5.10 Å². The van der Waals surface area contributed by atoms with E-state index in [9.17, 15) is 9.00 Å². The van der Waals surface area contributed by atoms with Crippen molar-refractivity contribution < 1.29 is 9.00 Å². The Labute approximate surface area is 165 Å². The highest BCUT2D eigenvalue weighted by atomic mass is 32.2. The maximum Gasteiger partial charge on any atom is 0.354 e. The second-order valence-electron chi connectivity index (χ2n) is 7.89. The number of rotatable bonds is 3. The number of nitrogens with one attached hydrogen (secondary N) is 1. The normalized spacial score (nSPS) is 20.0. The van der Waals surface area contributed by atoms with Gasteiger partial charge in [-0.05, 0) is 69.1 Å². The van der Waals surface area contributed by atoms with Crippen LogP contribution in [0.4, 0.5) is 10.5 Å². The van der Waals surface area contributed by atoms with E-state index in [-0.39, 0.29) is 11.1 Å². The van der Waals surface area contributed by atoms with Gasteiger partial charge in [0.15, 0.2) is 14.9 Å². The number of pyridine rings is 1. The number of carbonyl (C=O) groups is 1. The molecule has 9 heteroatoms. The molecule has 3 N–H and O–H groups in total. The topological polar surface area (TPSA) is 115 Å². The fourth-order valence-electron chi connectivity index (χ4n) is 4.02. The Kier molecular flexibility index (Phi) is 4.75. The molecule has 0 unspecified atom stereocenters. The van der Waals surface area contributed by atoms with Gasteiger partial charge in [-0.1, -0.05) is 6.92 Å². The summed E-state index contributed by atoms with van der Waals surface area (Å²) in [4.78, 5) is 17.5. The molecule has 2 heterocycles. The molecule has 4 rings (SSSR count). The molecule has 0 aliphatic heterocycles. The number of anilines is 1.